The molecule has 0 unspecified atom stereocenters. The SMILES string of the molecule is Nc1ccc(F)cc1NC(=O)C1CCN(c2nc3ccccc3o2)CC1. The number of oxazole rings is 1. The third kappa shape index (κ3) is 3.20. The van der Waals surface area contributed by atoms with Crippen LogP contribution in [0.5, 0.6) is 0 Å². The zero-order chi connectivity index (χ0) is 18.1. The summed E-state index contributed by atoms with van der Waals surface area (Å²) in [6.07, 6.45) is 1.33. The second-order valence-corrected chi connectivity index (χ2v) is 6.45. The van der Waals surface area contributed by atoms with Crippen molar-refractivity contribution in [3.63, 3.8) is 0 Å². The number of fused-ring (bicyclic) bond motifs is 1. The molecule has 1 fully saturated rings. The van der Waals surface area contributed by atoms with Gasteiger partial charge in [0, 0.05) is 19.0 Å². The zero-order valence-corrected chi connectivity index (χ0v) is 14.1. The highest BCUT2D eigenvalue weighted by molar-refractivity contribution is 5.95. The Hall–Kier alpha value is -3.09. The van der Waals surface area contributed by atoms with Gasteiger partial charge in [-0.05, 0) is 43.2 Å². The summed E-state index contributed by atoms with van der Waals surface area (Å²) in [5.41, 5.74) is 8.04. The standard InChI is InChI=1S/C19H19FN4O2/c20-13-5-6-14(21)16(11-13)22-18(25)12-7-9-24(10-8-12)19-23-15-3-1-2-4-17(15)26-19/h1-6,11-12H,7-10,21H2,(H,22,25). The Morgan fingerprint density at radius 3 is 2.77 bits per heavy atom. The van der Waals surface area contributed by atoms with Crippen LogP contribution in [0.3, 0.4) is 0 Å². The van der Waals surface area contributed by atoms with E-state index in [4.69, 9.17) is 10.2 Å². The Morgan fingerprint density at radius 2 is 2.00 bits per heavy atom. The van der Waals surface area contributed by atoms with E-state index in [1.54, 1.807) is 0 Å². The first-order valence-electron chi connectivity index (χ1n) is 8.56. The van der Waals surface area contributed by atoms with Gasteiger partial charge in [-0.15, -0.1) is 0 Å². The summed E-state index contributed by atoms with van der Waals surface area (Å²) in [5, 5.41) is 2.74. The van der Waals surface area contributed by atoms with E-state index in [2.05, 4.69) is 10.3 Å². The zero-order valence-electron chi connectivity index (χ0n) is 14.1. The average molecular weight is 354 g/mol. The highest BCUT2D eigenvalue weighted by Crippen LogP contribution is 2.27. The number of piperidine rings is 1. The van der Waals surface area contributed by atoms with Crippen molar-refractivity contribution in [2.45, 2.75) is 12.8 Å². The van der Waals surface area contributed by atoms with E-state index < -0.39 is 5.82 Å². The summed E-state index contributed by atoms with van der Waals surface area (Å²) in [6, 6.07) is 12.2. The number of hydrogen-bond acceptors (Lipinski definition) is 5. The van der Waals surface area contributed by atoms with Gasteiger partial charge in [0.15, 0.2) is 5.58 Å². The molecule has 0 saturated carbocycles. The van der Waals surface area contributed by atoms with Crippen LogP contribution in [0, 0.1) is 11.7 Å². The molecule has 1 saturated heterocycles. The lowest BCUT2D eigenvalue weighted by Crippen LogP contribution is -2.38. The van der Waals surface area contributed by atoms with Gasteiger partial charge in [-0.1, -0.05) is 12.1 Å². The molecule has 26 heavy (non-hydrogen) atoms. The Morgan fingerprint density at radius 1 is 1.23 bits per heavy atom. The summed E-state index contributed by atoms with van der Waals surface area (Å²) in [7, 11) is 0. The lowest BCUT2D eigenvalue weighted by Gasteiger charge is -2.30. The molecule has 0 spiro atoms. The van der Waals surface area contributed by atoms with Crippen LogP contribution < -0.4 is 16.0 Å². The number of nitrogens with one attached hydrogen (secondary N) is 1. The van der Waals surface area contributed by atoms with E-state index in [9.17, 15) is 9.18 Å². The number of aromatic nitrogens is 1. The number of nitrogen functional groups attached to an aromatic ring is 1. The molecular weight excluding hydrogens is 335 g/mol. The van der Waals surface area contributed by atoms with Gasteiger partial charge < -0.3 is 20.4 Å². The number of rotatable bonds is 3. The Balaban J connectivity index is 1.39. The molecule has 2 heterocycles. The summed E-state index contributed by atoms with van der Waals surface area (Å²) in [4.78, 5) is 19.0. The minimum absolute atomic E-state index is 0.139. The van der Waals surface area contributed by atoms with E-state index in [0.29, 0.717) is 43.3 Å². The number of carbonyl (C=O) groups excluding carboxylic acids is 1. The van der Waals surface area contributed by atoms with Crippen LogP contribution in [-0.2, 0) is 4.79 Å². The predicted molar refractivity (Wildman–Crippen MR) is 98.4 cm³/mol. The van der Waals surface area contributed by atoms with Gasteiger partial charge in [0.2, 0.25) is 5.91 Å². The van der Waals surface area contributed by atoms with E-state index >= 15 is 0 Å². The van der Waals surface area contributed by atoms with Gasteiger partial charge in [-0.3, -0.25) is 4.79 Å². The van der Waals surface area contributed by atoms with E-state index in [-0.39, 0.29) is 11.8 Å². The molecular formula is C19H19FN4O2. The van der Waals surface area contributed by atoms with Crippen molar-refractivity contribution in [1.82, 2.24) is 4.98 Å². The fraction of sp³-hybridized carbons (Fsp3) is 0.263. The summed E-state index contributed by atoms with van der Waals surface area (Å²) in [6.45, 7) is 1.34. The largest absolute Gasteiger partial charge is 0.423 e. The van der Waals surface area contributed by atoms with Crippen LogP contribution >= 0.6 is 0 Å². The molecule has 2 aromatic carbocycles. The number of halogens is 1. The third-order valence-electron chi connectivity index (χ3n) is 4.69. The third-order valence-corrected chi connectivity index (χ3v) is 4.69. The van der Waals surface area contributed by atoms with Crippen LogP contribution in [0.1, 0.15) is 12.8 Å². The topological polar surface area (TPSA) is 84.4 Å². The van der Waals surface area contributed by atoms with E-state index in [0.717, 1.165) is 11.1 Å². The molecule has 3 N–H and O–H groups in total. The quantitative estimate of drug-likeness (QED) is 0.704. The first-order valence-corrected chi connectivity index (χ1v) is 8.56. The second kappa shape index (κ2) is 6.67. The molecule has 3 aromatic rings. The van der Waals surface area contributed by atoms with Gasteiger partial charge in [0.25, 0.3) is 6.01 Å². The number of benzene rings is 2. The van der Waals surface area contributed by atoms with Crippen molar-refractivity contribution >= 4 is 34.4 Å². The normalized spacial score (nSPS) is 15.3. The highest BCUT2D eigenvalue weighted by atomic mass is 19.1. The Kier molecular flexibility index (Phi) is 4.20. The number of nitrogens with zero attached hydrogens (tertiary/aromatic N) is 2. The molecule has 4 rings (SSSR count). The Bertz CT molecular complexity index is 915. The summed E-state index contributed by atoms with van der Waals surface area (Å²) in [5.74, 6) is -0.724. The number of para-hydroxylation sites is 2. The van der Waals surface area contributed by atoms with Crippen molar-refractivity contribution < 1.29 is 13.6 Å². The molecule has 0 atom stereocenters. The maximum atomic E-state index is 13.3. The van der Waals surface area contributed by atoms with Gasteiger partial charge >= 0.3 is 0 Å². The van der Waals surface area contributed by atoms with E-state index in [1.807, 2.05) is 29.2 Å². The van der Waals surface area contributed by atoms with Crippen LogP contribution in [0.2, 0.25) is 0 Å². The molecule has 134 valence electrons. The van der Waals surface area contributed by atoms with Gasteiger partial charge in [-0.2, -0.15) is 4.98 Å². The molecule has 1 aliphatic rings. The van der Waals surface area contributed by atoms with Gasteiger partial charge in [0.1, 0.15) is 11.3 Å². The Labute approximate surface area is 149 Å². The minimum atomic E-state index is -0.430. The van der Waals surface area contributed by atoms with E-state index in [1.165, 1.54) is 18.2 Å². The molecule has 6 nitrogen and oxygen atoms in total. The maximum Gasteiger partial charge on any atom is 0.298 e. The van der Waals surface area contributed by atoms with Crippen molar-refractivity contribution in [1.29, 1.82) is 0 Å². The first kappa shape index (κ1) is 16.4. The number of anilines is 3. The molecule has 1 amide bonds. The van der Waals surface area contributed by atoms with Crippen LogP contribution in [-0.4, -0.2) is 24.0 Å². The fourth-order valence-electron chi connectivity index (χ4n) is 3.20. The second-order valence-electron chi connectivity index (χ2n) is 6.45. The number of carbonyl (C=O) groups is 1. The number of nitrogens with two attached hydrogens (primary N) is 1. The van der Waals surface area contributed by atoms with Gasteiger partial charge in [0.05, 0.1) is 11.4 Å². The molecule has 0 radical (unpaired) electrons. The molecule has 1 aliphatic heterocycles. The van der Waals surface area contributed by atoms with Crippen LogP contribution in [0.4, 0.5) is 21.8 Å². The molecule has 0 bridgehead atoms. The van der Waals surface area contributed by atoms with Crippen molar-refractivity contribution in [2.24, 2.45) is 5.92 Å². The summed E-state index contributed by atoms with van der Waals surface area (Å²) >= 11 is 0. The van der Waals surface area contributed by atoms with Crippen LogP contribution in [0.25, 0.3) is 11.1 Å². The minimum Gasteiger partial charge on any atom is -0.423 e. The smallest absolute Gasteiger partial charge is 0.298 e. The van der Waals surface area contributed by atoms with Crippen molar-refractivity contribution in [2.75, 3.05) is 29.0 Å². The molecule has 0 aliphatic carbocycles. The van der Waals surface area contributed by atoms with Crippen LogP contribution in [0.15, 0.2) is 46.9 Å². The molecule has 1 aromatic heterocycles. The van der Waals surface area contributed by atoms with Crippen molar-refractivity contribution in [3.8, 4) is 0 Å². The first-order chi connectivity index (χ1) is 12.6. The lowest BCUT2D eigenvalue weighted by atomic mass is 9.96. The predicted octanol–water partition coefficient (Wildman–Crippen LogP) is 3.40. The monoisotopic (exact) mass is 354 g/mol. The number of amides is 1. The number of hydrogen-bond donors (Lipinski definition) is 2. The molecule has 7 heteroatoms. The lowest BCUT2D eigenvalue weighted by molar-refractivity contribution is -0.120. The van der Waals surface area contributed by atoms with Gasteiger partial charge in [-0.25, -0.2) is 4.39 Å². The fourth-order valence-corrected chi connectivity index (χ4v) is 3.20. The maximum absolute atomic E-state index is 13.3. The highest BCUT2D eigenvalue weighted by Gasteiger charge is 2.27. The summed E-state index contributed by atoms with van der Waals surface area (Å²) < 4.78 is 19.1. The average Bonchev–Trinajstić information content (AvgIpc) is 3.09. The van der Waals surface area contributed by atoms with Crippen molar-refractivity contribution in [3.05, 3.63) is 48.3 Å².